The number of aryl methyl sites for hydroxylation is 1. The molecule has 111 heavy (non-hydrogen) atoms. The van der Waals surface area contributed by atoms with Gasteiger partial charge in [0.1, 0.15) is 80.2 Å². The topological polar surface area (TPSA) is 156 Å². The molecule has 18 rings (SSSR count). The van der Waals surface area contributed by atoms with E-state index in [1.54, 1.807) is 42.5 Å². The fourth-order valence-corrected chi connectivity index (χ4v) is 17.2. The number of ether oxygens (including phenoxy) is 1. The van der Waals surface area contributed by atoms with Crippen molar-refractivity contribution in [2.45, 2.75) is 230 Å². The summed E-state index contributed by atoms with van der Waals surface area (Å²) >= 11 is 19.1. The predicted molar refractivity (Wildman–Crippen MR) is 454 cm³/mol. The summed E-state index contributed by atoms with van der Waals surface area (Å²) in [7, 11) is 1.48. The van der Waals surface area contributed by atoms with Gasteiger partial charge in [-0.25, -0.2) is 33.7 Å². The number of pyridine rings is 5. The van der Waals surface area contributed by atoms with Crippen molar-refractivity contribution in [2.24, 2.45) is 0 Å². The Labute approximate surface area is 666 Å². The molecule has 0 unspecified atom stereocenters. The van der Waals surface area contributed by atoms with Crippen LogP contribution in [0, 0.1) is 11.6 Å². The van der Waals surface area contributed by atoms with E-state index in [2.05, 4.69) is 108 Å². The van der Waals surface area contributed by atoms with E-state index in [1.165, 1.54) is 184 Å². The molecule has 3 aromatic carbocycles. The Balaban J connectivity index is 0.000000116. The predicted octanol–water partition coefficient (Wildman–Crippen LogP) is 24.7. The van der Waals surface area contributed by atoms with Gasteiger partial charge in [-0.15, -0.1) is 0 Å². The molecule has 0 aliphatic heterocycles. The zero-order chi connectivity index (χ0) is 76.6. The first-order valence-corrected chi connectivity index (χ1v) is 41.9. The van der Waals surface area contributed by atoms with Gasteiger partial charge >= 0.3 is 0 Å². The molecule has 0 radical (unpaired) electrons. The number of hydrogen-bond donors (Lipinski definition) is 5. The van der Waals surface area contributed by atoms with E-state index in [0.717, 1.165) is 94.7 Å². The van der Waals surface area contributed by atoms with E-state index < -0.39 is 0 Å². The van der Waals surface area contributed by atoms with Gasteiger partial charge in [0.2, 0.25) is 0 Å². The quantitative estimate of drug-likeness (QED) is 0.0325. The zero-order valence-corrected chi connectivity index (χ0v) is 66.8. The van der Waals surface area contributed by atoms with Crippen LogP contribution in [0.25, 0.3) is 62.0 Å². The smallest absolute Gasteiger partial charge is 0.174 e. The van der Waals surface area contributed by atoms with Crippen molar-refractivity contribution >= 4 is 92.1 Å². The third kappa shape index (κ3) is 18.9. The number of rotatable bonds is 22. The van der Waals surface area contributed by atoms with Crippen molar-refractivity contribution in [2.75, 3.05) is 33.7 Å². The number of aromatic nitrogens is 10. The molecular formula is C90H106Cl3F2N15O. The van der Waals surface area contributed by atoms with Crippen LogP contribution in [0.3, 0.4) is 0 Å². The summed E-state index contributed by atoms with van der Waals surface area (Å²) in [5.74, 6) is 5.32. The lowest BCUT2D eigenvalue weighted by Gasteiger charge is -2.16. The molecule has 0 amide bonds. The van der Waals surface area contributed by atoms with Crippen LogP contribution in [0.4, 0.5) is 37.9 Å². The van der Waals surface area contributed by atoms with E-state index in [4.69, 9.17) is 59.5 Å². The number of imidazole rings is 5. The number of benzene rings is 3. The molecule has 10 heterocycles. The Morgan fingerprint density at radius 2 is 0.793 bits per heavy atom. The maximum absolute atomic E-state index is 14.8. The van der Waals surface area contributed by atoms with Crippen LogP contribution < -0.4 is 31.3 Å². The third-order valence-electron chi connectivity index (χ3n) is 22.4. The standard InChI is InChI=1S/C20H31N3.C19H20FN3O.C18H16Cl3N3.C18H18FN3.C15H21N3/c1-2-3-4-5-6-7-14-18-20(21-17-12-8-9-13-17)23-16-11-10-15-19(23)22-18;1-24-15-10-6-9-14(17(15)20)18-19(21-13-7-2-3-8-13)23-12-5-4-11-16(23)22-18;19-12-8-9-13(20)16(21)15(12)17-18(22-11-5-1-2-6-11)24-10-4-3-7-14(24)23-17;19-14-10-8-13(9-11-14)17-18(20-15-5-1-2-6-15)22-12-4-3-7-16(22)21-17;1-11(2)14-15(16-12-7-3-4-8-12)18-10-6-5-9-13(18)17-14/h10-11,15-17,21H,2-9,12-14H2,1H3;4-6,9-13,21H,2-3,7-8H2,1H3;3-4,7-11,22H,1-2,5-6H2;3-4,7-12,15,20H,1-2,5-6H2;5-6,9-12,16H,3-4,7-8H2,1-2H3. The largest absolute Gasteiger partial charge is 0.494 e. The number of halogens is 5. The molecular weight excluding hydrogens is 1450 g/mol. The number of unbranched alkanes of at least 4 members (excludes halogenated alkanes) is 5. The lowest BCUT2D eigenvalue weighted by molar-refractivity contribution is 0.387. The molecule has 5 saturated carbocycles. The Bertz CT molecular complexity index is 5170. The molecule has 5 fully saturated rings. The van der Waals surface area contributed by atoms with E-state index in [9.17, 15) is 8.78 Å². The minimum absolute atomic E-state index is 0.224. The second-order valence-electron chi connectivity index (χ2n) is 30.7. The van der Waals surface area contributed by atoms with Gasteiger partial charge in [-0.2, -0.15) is 0 Å². The molecule has 16 nitrogen and oxygen atoms in total. The van der Waals surface area contributed by atoms with Crippen LogP contribution >= 0.6 is 34.8 Å². The Morgan fingerprint density at radius 1 is 0.405 bits per heavy atom. The number of nitrogens with zero attached hydrogens (tertiary/aromatic N) is 10. The van der Waals surface area contributed by atoms with Crippen molar-refractivity contribution < 1.29 is 13.5 Å². The summed E-state index contributed by atoms with van der Waals surface area (Å²) < 4.78 is 43.6. The van der Waals surface area contributed by atoms with Crippen LogP contribution in [-0.4, -0.2) is 84.2 Å². The maximum atomic E-state index is 14.8. The van der Waals surface area contributed by atoms with Crippen LogP contribution in [0.15, 0.2) is 177 Å². The normalized spacial score (nSPS) is 15.6. The molecule has 5 N–H and O–H groups in total. The van der Waals surface area contributed by atoms with Gasteiger partial charge in [0.25, 0.3) is 0 Å². The molecule has 5 aliphatic carbocycles. The molecule has 0 atom stereocenters. The van der Waals surface area contributed by atoms with Crippen LogP contribution in [0.2, 0.25) is 15.1 Å². The molecule has 13 aromatic rings. The third-order valence-corrected chi connectivity index (χ3v) is 23.5. The average molecular weight is 1560 g/mol. The first-order valence-electron chi connectivity index (χ1n) is 40.8. The Morgan fingerprint density at radius 3 is 1.27 bits per heavy atom. The van der Waals surface area contributed by atoms with Gasteiger partial charge < -0.3 is 31.3 Å². The van der Waals surface area contributed by atoms with Gasteiger partial charge in [-0.3, -0.25) is 22.0 Å². The van der Waals surface area contributed by atoms with Crippen molar-refractivity contribution in [1.82, 2.24) is 46.9 Å². The summed E-state index contributed by atoms with van der Waals surface area (Å²) in [4.78, 5) is 23.8. The van der Waals surface area contributed by atoms with Crippen molar-refractivity contribution in [3.8, 4) is 39.5 Å². The lowest BCUT2D eigenvalue weighted by atomic mass is 10.1. The highest BCUT2D eigenvalue weighted by Gasteiger charge is 2.28. The molecule has 582 valence electrons. The monoisotopic (exact) mass is 1560 g/mol. The first-order chi connectivity index (χ1) is 54.4. The molecule has 0 spiro atoms. The van der Waals surface area contributed by atoms with Gasteiger partial charge in [0.15, 0.2) is 11.6 Å². The summed E-state index contributed by atoms with van der Waals surface area (Å²) in [5, 5.41) is 19.8. The van der Waals surface area contributed by atoms with E-state index in [1.807, 2.05) is 88.1 Å². The van der Waals surface area contributed by atoms with Gasteiger partial charge in [-0.05, 0) is 192 Å². The van der Waals surface area contributed by atoms with Crippen LogP contribution in [0.1, 0.15) is 205 Å². The Hall–Kier alpha value is -9.36. The van der Waals surface area contributed by atoms with Crippen LogP contribution in [-0.2, 0) is 6.42 Å². The SMILES string of the molecule is CC(C)c1nc2ccccn2c1NC1CCCC1.CCCCCCCCc1nc2ccccn2c1NC1CCCC1.COc1cccc(-c2nc3ccccn3c2NC2CCCC2)c1F.Clc1ccc(Cl)c(-c2nc3ccccn3c2NC2CCCC2)c1Cl.Fc1ccc(-c2nc3ccccn3c2NC2CCCC2)cc1. The summed E-state index contributed by atoms with van der Waals surface area (Å²) in [6.07, 6.45) is 44.5. The van der Waals surface area contributed by atoms with Gasteiger partial charge in [0, 0.05) is 77.9 Å². The van der Waals surface area contributed by atoms with Gasteiger partial charge in [-0.1, -0.05) is 188 Å². The Kier molecular flexibility index (Phi) is 26.7. The minimum Gasteiger partial charge on any atom is -0.494 e. The zero-order valence-electron chi connectivity index (χ0n) is 64.6. The number of anilines is 5. The number of methoxy groups -OCH3 is 1. The number of nitrogens with one attached hydrogen (secondary N) is 5. The molecule has 0 bridgehead atoms. The molecule has 10 aromatic heterocycles. The fourth-order valence-electron chi connectivity index (χ4n) is 16.5. The second kappa shape index (κ2) is 37.8. The molecule has 21 heteroatoms. The summed E-state index contributed by atoms with van der Waals surface area (Å²) in [6, 6.07) is 48.0. The highest BCUT2D eigenvalue weighted by Crippen LogP contribution is 2.44. The summed E-state index contributed by atoms with van der Waals surface area (Å²) in [5.41, 5.74) is 11.5. The van der Waals surface area contributed by atoms with Gasteiger partial charge in [0.05, 0.1) is 33.6 Å². The fraction of sp³-hybridized carbons (Fsp3) is 0.411. The van der Waals surface area contributed by atoms with Crippen molar-refractivity contribution in [1.29, 1.82) is 0 Å². The van der Waals surface area contributed by atoms with E-state index >= 15 is 0 Å². The number of hydrogen-bond acceptors (Lipinski definition) is 11. The van der Waals surface area contributed by atoms with E-state index in [0.29, 0.717) is 68.0 Å². The highest BCUT2D eigenvalue weighted by atomic mass is 35.5. The van der Waals surface area contributed by atoms with Crippen molar-refractivity contribution in [3.63, 3.8) is 0 Å². The minimum atomic E-state index is -0.377. The highest BCUT2D eigenvalue weighted by molar-refractivity contribution is 6.46. The molecule has 0 saturated heterocycles. The second-order valence-corrected chi connectivity index (χ2v) is 31.9. The average Bonchev–Trinajstić information content (AvgIpc) is 1.64. The first kappa shape index (κ1) is 78.3. The summed E-state index contributed by atoms with van der Waals surface area (Å²) in [6.45, 7) is 6.70. The van der Waals surface area contributed by atoms with E-state index in [-0.39, 0.29) is 17.4 Å². The molecule has 5 aliphatic rings. The van der Waals surface area contributed by atoms with Crippen LogP contribution in [0.5, 0.6) is 5.75 Å². The van der Waals surface area contributed by atoms with Crippen molar-refractivity contribution in [3.05, 3.63) is 215 Å². The maximum Gasteiger partial charge on any atom is 0.174 e. The number of fused-ring (bicyclic) bond motifs is 5. The lowest BCUT2D eigenvalue weighted by Crippen LogP contribution is -2.17.